The summed E-state index contributed by atoms with van der Waals surface area (Å²) < 4.78 is 10.9. The van der Waals surface area contributed by atoms with Crippen molar-refractivity contribution in [2.45, 2.75) is 75.7 Å². The first-order valence-electron chi connectivity index (χ1n) is 8.37. The Labute approximate surface area is 126 Å². The summed E-state index contributed by atoms with van der Waals surface area (Å²) in [6.07, 6.45) is 6.98. The standard InChI is InChI=1S/C16H27NO4/c1-2-20-15(18)11-5-7-16(19,8-6-11)10-17-13-9-12-3-4-14(13)21-12/h11-14,17,19H,2-10H2,1H3. The van der Waals surface area contributed by atoms with Crippen molar-refractivity contribution in [1.82, 2.24) is 5.32 Å². The fraction of sp³-hybridized carbons (Fsp3) is 0.938. The molecule has 0 amide bonds. The Bertz CT molecular complexity index is 378. The van der Waals surface area contributed by atoms with Gasteiger partial charge in [0.2, 0.25) is 0 Å². The molecular weight excluding hydrogens is 270 g/mol. The molecule has 0 spiro atoms. The Morgan fingerprint density at radius 2 is 2.10 bits per heavy atom. The fourth-order valence-electron chi connectivity index (χ4n) is 4.00. The number of fused-ring (bicyclic) bond motifs is 2. The summed E-state index contributed by atoms with van der Waals surface area (Å²) in [5.41, 5.74) is -0.676. The number of carbonyl (C=O) groups is 1. The highest BCUT2D eigenvalue weighted by Gasteiger charge is 2.42. The molecule has 3 atom stereocenters. The van der Waals surface area contributed by atoms with Gasteiger partial charge in [0.1, 0.15) is 0 Å². The van der Waals surface area contributed by atoms with E-state index in [2.05, 4.69) is 5.32 Å². The van der Waals surface area contributed by atoms with Crippen LogP contribution in [0.15, 0.2) is 0 Å². The van der Waals surface area contributed by atoms with Crippen molar-refractivity contribution < 1.29 is 19.4 Å². The summed E-state index contributed by atoms with van der Waals surface area (Å²) in [6, 6.07) is 0.399. The maximum Gasteiger partial charge on any atom is 0.308 e. The average molecular weight is 297 g/mol. The van der Waals surface area contributed by atoms with Crippen LogP contribution in [0.5, 0.6) is 0 Å². The highest BCUT2D eigenvalue weighted by atomic mass is 16.5. The van der Waals surface area contributed by atoms with E-state index >= 15 is 0 Å². The molecule has 1 aliphatic carbocycles. The quantitative estimate of drug-likeness (QED) is 0.750. The van der Waals surface area contributed by atoms with Crippen molar-refractivity contribution >= 4 is 5.97 Å². The predicted octanol–water partition coefficient (Wildman–Crippen LogP) is 1.38. The molecule has 5 heteroatoms. The van der Waals surface area contributed by atoms with E-state index in [4.69, 9.17) is 9.47 Å². The van der Waals surface area contributed by atoms with Gasteiger partial charge in [0.25, 0.3) is 0 Å². The van der Waals surface area contributed by atoms with Crippen LogP contribution in [-0.4, -0.2) is 48.1 Å². The third kappa shape index (κ3) is 3.41. The molecule has 0 radical (unpaired) electrons. The molecule has 0 aromatic heterocycles. The summed E-state index contributed by atoms with van der Waals surface area (Å²) in [6.45, 7) is 2.88. The lowest BCUT2D eigenvalue weighted by molar-refractivity contribution is -0.151. The Morgan fingerprint density at radius 3 is 2.67 bits per heavy atom. The first kappa shape index (κ1) is 15.3. The van der Waals surface area contributed by atoms with Gasteiger partial charge in [-0.05, 0) is 51.9 Å². The van der Waals surface area contributed by atoms with Gasteiger partial charge in [0, 0.05) is 12.6 Å². The molecule has 2 heterocycles. The largest absolute Gasteiger partial charge is 0.466 e. The van der Waals surface area contributed by atoms with Crippen LogP contribution in [-0.2, 0) is 14.3 Å². The average Bonchev–Trinajstić information content (AvgIpc) is 3.09. The fourth-order valence-corrected chi connectivity index (χ4v) is 4.00. The molecule has 0 aromatic rings. The van der Waals surface area contributed by atoms with Crippen LogP contribution >= 0.6 is 0 Å². The minimum absolute atomic E-state index is 0.0314. The Balaban J connectivity index is 1.43. The lowest BCUT2D eigenvalue weighted by atomic mass is 9.78. The normalized spacial score (nSPS) is 42.2. The Kier molecular flexibility index (Phi) is 4.52. The van der Waals surface area contributed by atoms with Gasteiger partial charge < -0.3 is 19.9 Å². The van der Waals surface area contributed by atoms with Gasteiger partial charge in [-0.25, -0.2) is 0 Å². The number of carbonyl (C=O) groups excluding carboxylic acids is 1. The molecule has 2 aliphatic heterocycles. The van der Waals surface area contributed by atoms with E-state index in [1.807, 2.05) is 6.92 Å². The second kappa shape index (κ2) is 6.23. The Hall–Kier alpha value is -0.650. The Morgan fingerprint density at radius 1 is 1.33 bits per heavy atom. The zero-order valence-corrected chi connectivity index (χ0v) is 12.8. The van der Waals surface area contributed by atoms with Crippen LogP contribution < -0.4 is 5.32 Å². The van der Waals surface area contributed by atoms with Gasteiger partial charge >= 0.3 is 5.97 Å². The van der Waals surface area contributed by atoms with Crippen molar-refractivity contribution in [2.24, 2.45) is 5.92 Å². The second-order valence-corrected chi connectivity index (χ2v) is 6.85. The third-order valence-electron chi connectivity index (χ3n) is 5.34. The summed E-state index contributed by atoms with van der Waals surface area (Å²) in [5.74, 6) is -0.134. The maximum absolute atomic E-state index is 11.7. The van der Waals surface area contributed by atoms with E-state index in [0.717, 1.165) is 25.7 Å². The molecule has 120 valence electrons. The first-order chi connectivity index (χ1) is 10.1. The number of aliphatic hydroxyl groups is 1. The molecule has 5 nitrogen and oxygen atoms in total. The van der Waals surface area contributed by atoms with Crippen LogP contribution in [0.3, 0.4) is 0 Å². The van der Waals surface area contributed by atoms with Crippen LogP contribution in [0.4, 0.5) is 0 Å². The van der Waals surface area contributed by atoms with Crippen LogP contribution in [0.25, 0.3) is 0 Å². The number of nitrogens with one attached hydrogen (secondary N) is 1. The minimum Gasteiger partial charge on any atom is -0.466 e. The van der Waals surface area contributed by atoms with Gasteiger partial charge in [-0.1, -0.05) is 0 Å². The predicted molar refractivity (Wildman–Crippen MR) is 77.8 cm³/mol. The smallest absolute Gasteiger partial charge is 0.308 e. The molecule has 3 aliphatic rings. The van der Waals surface area contributed by atoms with E-state index in [1.54, 1.807) is 0 Å². The zero-order chi connectivity index (χ0) is 14.9. The number of rotatable bonds is 5. The number of hydrogen-bond donors (Lipinski definition) is 2. The zero-order valence-electron chi connectivity index (χ0n) is 12.8. The molecule has 2 bridgehead atoms. The van der Waals surface area contributed by atoms with Crippen molar-refractivity contribution in [3.63, 3.8) is 0 Å². The molecule has 3 rings (SSSR count). The van der Waals surface area contributed by atoms with E-state index in [1.165, 1.54) is 6.42 Å². The number of esters is 1. The summed E-state index contributed by atoms with van der Waals surface area (Å²) in [4.78, 5) is 11.7. The molecule has 0 aromatic carbocycles. The number of ether oxygens (including phenoxy) is 2. The van der Waals surface area contributed by atoms with Gasteiger partial charge in [-0.2, -0.15) is 0 Å². The molecule has 3 unspecified atom stereocenters. The highest BCUT2D eigenvalue weighted by molar-refractivity contribution is 5.72. The van der Waals surface area contributed by atoms with E-state index < -0.39 is 5.60 Å². The van der Waals surface area contributed by atoms with Crippen molar-refractivity contribution in [3.8, 4) is 0 Å². The van der Waals surface area contributed by atoms with E-state index in [9.17, 15) is 9.90 Å². The van der Waals surface area contributed by atoms with Gasteiger partial charge in [-0.15, -0.1) is 0 Å². The van der Waals surface area contributed by atoms with Crippen molar-refractivity contribution in [1.29, 1.82) is 0 Å². The summed E-state index contributed by atoms with van der Waals surface area (Å²) in [7, 11) is 0. The van der Waals surface area contributed by atoms with Crippen molar-refractivity contribution in [3.05, 3.63) is 0 Å². The van der Waals surface area contributed by atoms with Crippen LogP contribution in [0.2, 0.25) is 0 Å². The topological polar surface area (TPSA) is 67.8 Å². The SMILES string of the molecule is CCOC(=O)C1CCC(O)(CNC2CC3CCC2O3)CC1. The van der Waals surface area contributed by atoms with Crippen LogP contribution in [0.1, 0.15) is 51.9 Å². The van der Waals surface area contributed by atoms with E-state index in [-0.39, 0.29) is 11.9 Å². The summed E-state index contributed by atoms with van der Waals surface area (Å²) >= 11 is 0. The van der Waals surface area contributed by atoms with Gasteiger partial charge in [0.15, 0.2) is 0 Å². The lowest BCUT2D eigenvalue weighted by Gasteiger charge is -2.36. The molecule has 1 saturated carbocycles. The molecule has 2 N–H and O–H groups in total. The summed E-state index contributed by atoms with van der Waals surface area (Å²) in [5, 5.41) is 14.2. The van der Waals surface area contributed by atoms with Crippen molar-refractivity contribution in [2.75, 3.05) is 13.2 Å². The molecule has 21 heavy (non-hydrogen) atoms. The number of hydrogen-bond acceptors (Lipinski definition) is 5. The van der Waals surface area contributed by atoms with E-state index in [0.29, 0.717) is 44.2 Å². The second-order valence-electron chi connectivity index (χ2n) is 6.85. The molecule has 3 fully saturated rings. The van der Waals surface area contributed by atoms with Gasteiger partial charge in [-0.3, -0.25) is 4.79 Å². The third-order valence-corrected chi connectivity index (χ3v) is 5.34. The lowest BCUT2D eigenvalue weighted by Crippen LogP contribution is -2.49. The van der Waals surface area contributed by atoms with Crippen LogP contribution in [0, 0.1) is 5.92 Å². The highest BCUT2D eigenvalue weighted by Crippen LogP contribution is 2.36. The minimum atomic E-state index is -0.676. The molecule has 2 saturated heterocycles. The van der Waals surface area contributed by atoms with Gasteiger partial charge in [0.05, 0.1) is 30.3 Å². The first-order valence-corrected chi connectivity index (χ1v) is 8.37. The molecular formula is C16H27NO4. The monoisotopic (exact) mass is 297 g/mol. The maximum atomic E-state index is 11.7.